The Labute approximate surface area is 207 Å². The maximum atomic E-state index is 12.5. The first-order chi connectivity index (χ1) is 17.1. The second-order valence-corrected chi connectivity index (χ2v) is 9.80. The van der Waals surface area contributed by atoms with Crippen molar-refractivity contribution in [3.05, 3.63) is 89.7 Å². The number of ether oxygens (including phenoxy) is 2. The summed E-state index contributed by atoms with van der Waals surface area (Å²) in [6, 6.07) is 21.0. The summed E-state index contributed by atoms with van der Waals surface area (Å²) >= 11 is 0. The fraction of sp³-hybridized carbons (Fsp3) is 0.379. The molecule has 35 heavy (non-hydrogen) atoms. The first kappa shape index (κ1) is 23.4. The number of aromatic nitrogens is 1. The molecule has 0 radical (unpaired) electrons. The number of pyridine rings is 1. The highest BCUT2D eigenvalue weighted by molar-refractivity contribution is 5.77. The van der Waals surface area contributed by atoms with E-state index < -0.39 is 0 Å². The van der Waals surface area contributed by atoms with Gasteiger partial charge in [-0.05, 0) is 56.0 Å². The van der Waals surface area contributed by atoms with Crippen molar-refractivity contribution in [1.29, 1.82) is 0 Å². The van der Waals surface area contributed by atoms with Crippen molar-refractivity contribution in [2.45, 2.75) is 63.4 Å². The van der Waals surface area contributed by atoms with E-state index in [4.69, 9.17) is 9.47 Å². The Morgan fingerprint density at radius 1 is 1.11 bits per heavy atom. The molecule has 3 heterocycles. The molecule has 2 saturated heterocycles. The Hall–Kier alpha value is -3.38. The maximum Gasteiger partial charge on any atom is 0.220 e. The molecule has 1 aromatic heterocycles. The van der Waals surface area contributed by atoms with Crippen LogP contribution in [-0.4, -0.2) is 34.5 Å². The molecule has 1 N–H and O–H groups in total. The molecule has 2 aliphatic heterocycles. The van der Waals surface area contributed by atoms with Crippen LogP contribution in [0.25, 0.3) is 0 Å². The third-order valence-corrected chi connectivity index (χ3v) is 7.40. The predicted molar refractivity (Wildman–Crippen MR) is 135 cm³/mol. The number of para-hydroxylation sites is 1. The van der Waals surface area contributed by atoms with Crippen molar-refractivity contribution >= 4 is 5.91 Å². The second-order valence-electron chi connectivity index (χ2n) is 9.80. The molecular weight excluding hydrogens is 438 g/mol. The van der Waals surface area contributed by atoms with Crippen molar-refractivity contribution in [2.24, 2.45) is 0 Å². The molecule has 0 spiro atoms. The van der Waals surface area contributed by atoms with E-state index in [0.29, 0.717) is 13.0 Å². The standard InChI is InChI=1S/C29H33N3O3/c1-29-17-25(22-12-14-24(34-2)15-13-22)32(27(29)10-5-11-28(33)31-29)19-23-8-3-4-9-26(23)35-20-21-7-6-16-30-18-21/h3-4,6-9,12-16,18,25,27H,5,10-11,17,19-20H2,1-2H3,(H,31,33)/t25-,27-,29-/m0/s1. The monoisotopic (exact) mass is 471 g/mol. The number of nitrogens with zero attached hydrogens (tertiary/aromatic N) is 2. The topological polar surface area (TPSA) is 63.7 Å². The minimum absolute atomic E-state index is 0.158. The Kier molecular flexibility index (Phi) is 6.73. The summed E-state index contributed by atoms with van der Waals surface area (Å²) in [4.78, 5) is 19.3. The molecule has 0 aliphatic carbocycles. The summed E-state index contributed by atoms with van der Waals surface area (Å²) in [7, 11) is 1.69. The number of methoxy groups -OCH3 is 1. The average molecular weight is 472 g/mol. The highest BCUT2D eigenvalue weighted by Gasteiger charge is 2.51. The molecule has 3 aromatic rings. The third-order valence-electron chi connectivity index (χ3n) is 7.40. The Morgan fingerprint density at radius 2 is 1.94 bits per heavy atom. The van der Waals surface area contributed by atoms with Crippen molar-refractivity contribution in [2.75, 3.05) is 7.11 Å². The maximum absolute atomic E-state index is 12.5. The van der Waals surface area contributed by atoms with Gasteiger partial charge in [0.25, 0.3) is 0 Å². The van der Waals surface area contributed by atoms with Crippen LogP contribution < -0.4 is 14.8 Å². The highest BCUT2D eigenvalue weighted by Crippen LogP contribution is 2.46. The molecule has 2 aliphatic rings. The van der Waals surface area contributed by atoms with Crippen molar-refractivity contribution in [1.82, 2.24) is 15.2 Å². The fourth-order valence-corrected chi connectivity index (χ4v) is 5.67. The zero-order valence-corrected chi connectivity index (χ0v) is 20.4. The lowest BCUT2D eigenvalue weighted by Crippen LogP contribution is -2.52. The predicted octanol–water partition coefficient (Wildman–Crippen LogP) is 5.04. The largest absolute Gasteiger partial charge is 0.497 e. The molecule has 6 nitrogen and oxygen atoms in total. The molecule has 0 unspecified atom stereocenters. The van der Waals surface area contributed by atoms with Crippen LogP contribution in [0.1, 0.15) is 55.3 Å². The number of benzene rings is 2. The Morgan fingerprint density at radius 3 is 2.71 bits per heavy atom. The number of fused-ring (bicyclic) bond motifs is 1. The first-order valence-corrected chi connectivity index (χ1v) is 12.4. The minimum atomic E-state index is -0.274. The fourth-order valence-electron chi connectivity index (χ4n) is 5.67. The number of hydrogen-bond acceptors (Lipinski definition) is 5. The van der Waals surface area contributed by atoms with Crippen LogP contribution in [0, 0.1) is 0 Å². The molecule has 3 atom stereocenters. The first-order valence-electron chi connectivity index (χ1n) is 12.4. The molecule has 0 bridgehead atoms. The van der Waals surface area contributed by atoms with E-state index in [9.17, 15) is 4.79 Å². The van der Waals surface area contributed by atoms with Gasteiger partial charge in [-0.3, -0.25) is 14.7 Å². The number of likely N-dealkylation sites (tertiary alicyclic amines) is 1. The zero-order chi connectivity index (χ0) is 24.3. The van der Waals surface area contributed by atoms with Crippen LogP contribution in [0.5, 0.6) is 11.5 Å². The van der Waals surface area contributed by atoms with E-state index >= 15 is 0 Å². The second kappa shape index (κ2) is 10.1. The average Bonchev–Trinajstić information content (AvgIpc) is 3.05. The van der Waals surface area contributed by atoms with E-state index in [0.717, 1.165) is 48.4 Å². The lowest BCUT2D eigenvalue weighted by molar-refractivity contribution is -0.122. The van der Waals surface area contributed by atoms with Crippen molar-refractivity contribution < 1.29 is 14.3 Å². The lowest BCUT2D eigenvalue weighted by Gasteiger charge is -2.35. The van der Waals surface area contributed by atoms with Gasteiger partial charge in [0.05, 0.1) is 12.6 Å². The van der Waals surface area contributed by atoms with Crippen LogP contribution >= 0.6 is 0 Å². The minimum Gasteiger partial charge on any atom is -0.497 e. The van der Waals surface area contributed by atoms with Crippen LogP contribution in [0.4, 0.5) is 0 Å². The van der Waals surface area contributed by atoms with Gasteiger partial charge in [-0.25, -0.2) is 0 Å². The zero-order valence-electron chi connectivity index (χ0n) is 20.4. The smallest absolute Gasteiger partial charge is 0.220 e. The van der Waals surface area contributed by atoms with E-state index in [2.05, 4.69) is 46.4 Å². The molecule has 2 fully saturated rings. The third kappa shape index (κ3) is 5.03. The summed E-state index contributed by atoms with van der Waals surface area (Å²) in [5.74, 6) is 1.89. The Balaban J connectivity index is 1.45. The summed E-state index contributed by atoms with van der Waals surface area (Å²) in [5.41, 5.74) is 3.15. The van der Waals surface area contributed by atoms with Gasteiger partial charge >= 0.3 is 0 Å². The molecule has 182 valence electrons. The SMILES string of the molecule is COc1ccc([C@@H]2C[C@]3(C)NC(=O)CCC[C@@H]3N2Cc2ccccc2OCc2cccnc2)cc1. The van der Waals surface area contributed by atoms with Gasteiger partial charge < -0.3 is 14.8 Å². The van der Waals surface area contributed by atoms with Crippen LogP contribution in [-0.2, 0) is 17.9 Å². The van der Waals surface area contributed by atoms with Crippen molar-refractivity contribution in [3.63, 3.8) is 0 Å². The van der Waals surface area contributed by atoms with Gasteiger partial charge in [-0.15, -0.1) is 0 Å². The summed E-state index contributed by atoms with van der Waals surface area (Å²) in [6.45, 7) is 3.43. The molecule has 1 amide bonds. The van der Waals surface area contributed by atoms with Gasteiger partial charge in [-0.1, -0.05) is 36.4 Å². The van der Waals surface area contributed by atoms with Gasteiger partial charge in [0, 0.05) is 48.6 Å². The summed E-state index contributed by atoms with van der Waals surface area (Å²) in [6.07, 6.45) is 6.96. The van der Waals surface area contributed by atoms with Gasteiger partial charge in [0.15, 0.2) is 0 Å². The number of carbonyl (C=O) groups excluding carboxylic acids is 1. The molecule has 6 heteroatoms. The Bertz CT molecular complexity index is 1150. The summed E-state index contributed by atoms with van der Waals surface area (Å²) < 4.78 is 11.6. The normalized spacial score (nSPS) is 24.3. The molecule has 0 saturated carbocycles. The number of hydrogen-bond donors (Lipinski definition) is 1. The van der Waals surface area contributed by atoms with Crippen molar-refractivity contribution in [3.8, 4) is 11.5 Å². The van der Waals surface area contributed by atoms with Gasteiger partial charge in [-0.2, -0.15) is 0 Å². The molecule has 5 rings (SSSR count). The van der Waals surface area contributed by atoms with E-state index in [1.807, 2.05) is 42.6 Å². The molecule has 2 aromatic carbocycles. The molecular formula is C29H33N3O3. The van der Waals surface area contributed by atoms with Crippen LogP contribution in [0.3, 0.4) is 0 Å². The number of carbonyl (C=O) groups is 1. The van der Waals surface area contributed by atoms with E-state index in [1.54, 1.807) is 13.3 Å². The highest BCUT2D eigenvalue weighted by atomic mass is 16.5. The number of rotatable bonds is 7. The van der Waals surface area contributed by atoms with E-state index in [1.165, 1.54) is 5.56 Å². The van der Waals surface area contributed by atoms with Crippen LogP contribution in [0.15, 0.2) is 73.1 Å². The summed E-state index contributed by atoms with van der Waals surface area (Å²) in [5, 5.41) is 3.37. The number of amides is 1. The van der Waals surface area contributed by atoms with Crippen LogP contribution in [0.2, 0.25) is 0 Å². The number of nitrogens with one attached hydrogen (secondary N) is 1. The quantitative estimate of drug-likeness (QED) is 0.523. The van der Waals surface area contributed by atoms with Gasteiger partial charge in [0.2, 0.25) is 5.91 Å². The lowest BCUT2D eigenvalue weighted by atomic mass is 9.88. The van der Waals surface area contributed by atoms with Gasteiger partial charge in [0.1, 0.15) is 18.1 Å². The van der Waals surface area contributed by atoms with E-state index in [-0.39, 0.29) is 23.5 Å².